The van der Waals surface area contributed by atoms with Crippen molar-refractivity contribution in [1.82, 2.24) is 14.5 Å². The molecule has 0 N–H and O–H groups in total. The molecule has 3 aromatic heterocycles. The molecule has 0 aliphatic rings. The molecule has 0 aliphatic heterocycles. The van der Waals surface area contributed by atoms with Crippen LogP contribution in [0.15, 0.2) is 64.8 Å². The maximum Gasteiger partial charge on any atom is 0.354 e. The highest BCUT2D eigenvalue weighted by molar-refractivity contribution is 7.57. The van der Waals surface area contributed by atoms with Crippen molar-refractivity contribution in [3.05, 3.63) is 77.0 Å². The topological polar surface area (TPSA) is 97.8 Å². The lowest BCUT2D eigenvalue weighted by atomic mass is 10.2. The van der Waals surface area contributed by atoms with E-state index in [2.05, 4.69) is 14.5 Å². The summed E-state index contributed by atoms with van der Waals surface area (Å²) in [6.07, 6.45) is 1.58. The summed E-state index contributed by atoms with van der Waals surface area (Å²) in [7, 11) is -0.115. The van der Waals surface area contributed by atoms with Gasteiger partial charge in [-0.15, -0.1) is 0 Å². The van der Waals surface area contributed by atoms with Gasteiger partial charge in [-0.25, -0.2) is 9.97 Å². The van der Waals surface area contributed by atoms with Gasteiger partial charge in [-0.1, -0.05) is 12.1 Å². The van der Waals surface area contributed by atoms with Crippen molar-refractivity contribution < 1.29 is 27.5 Å². The van der Waals surface area contributed by atoms with E-state index in [0.29, 0.717) is 35.0 Å². The molecule has 0 bridgehead atoms. The molecular formula is C29H29ClN3O6P. The SMILES string of the molecule is CCOP(=O)(/C=C/c1ccc(-c2nc(Cl)nc3c4ccc(OC)cc4n(Cc4ccc(OC)cc4)c23)o1)OCC. The molecule has 0 unspecified atom stereocenters. The summed E-state index contributed by atoms with van der Waals surface area (Å²) in [5.74, 6) is 3.82. The largest absolute Gasteiger partial charge is 0.497 e. The molecule has 9 nitrogen and oxygen atoms in total. The molecule has 2 aromatic carbocycles. The predicted molar refractivity (Wildman–Crippen MR) is 156 cm³/mol. The molecule has 0 amide bonds. The molecule has 40 heavy (non-hydrogen) atoms. The van der Waals surface area contributed by atoms with Gasteiger partial charge in [0, 0.05) is 23.8 Å². The van der Waals surface area contributed by atoms with Crippen LogP contribution in [-0.2, 0) is 20.2 Å². The van der Waals surface area contributed by atoms with E-state index in [1.54, 1.807) is 46.3 Å². The van der Waals surface area contributed by atoms with E-state index in [9.17, 15) is 4.57 Å². The van der Waals surface area contributed by atoms with E-state index < -0.39 is 7.60 Å². The first kappa shape index (κ1) is 27.9. The number of hydrogen-bond donors (Lipinski definition) is 0. The number of hydrogen-bond acceptors (Lipinski definition) is 8. The first-order valence-electron chi connectivity index (χ1n) is 12.7. The van der Waals surface area contributed by atoms with Crippen molar-refractivity contribution in [2.75, 3.05) is 27.4 Å². The lowest BCUT2D eigenvalue weighted by Gasteiger charge is -2.12. The van der Waals surface area contributed by atoms with Crippen LogP contribution in [0.3, 0.4) is 0 Å². The van der Waals surface area contributed by atoms with Gasteiger partial charge in [0.05, 0.1) is 38.5 Å². The zero-order chi connectivity index (χ0) is 28.3. The number of nitrogens with zero attached hydrogens (tertiary/aromatic N) is 3. The maximum absolute atomic E-state index is 12.9. The van der Waals surface area contributed by atoms with Gasteiger partial charge in [0.15, 0.2) is 5.76 Å². The highest BCUT2D eigenvalue weighted by Gasteiger charge is 2.23. The van der Waals surface area contributed by atoms with Gasteiger partial charge in [-0.2, -0.15) is 0 Å². The van der Waals surface area contributed by atoms with Crippen LogP contribution in [0.4, 0.5) is 0 Å². The van der Waals surface area contributed by atoms with Crippen LogP contribution in [0, 0.1) is 0 Å². The lowest BCUT2D eigenvalue weighted by Crippen LogP contribution is -2.02. The van der Waals surface area contributed by atoms with E-state index >= 15 is 0 Å². The smallest absolute Gasteiger partial charge is 0.354 e. The maximum atomic E-state index is 12.9. The molecule has 208 valence electrons. The molecule has 3 heterocycles. The van der Waals surface area contributed by atoms with Gasteiger partial charge in [-0.3, -0.25) is 4.57 Å². The number of benzene rings is 2. The fourth-order valence-electron chi connectivity index (χ4n) is 4.52. The third-order valence-corrected chi connectivity index (χ3v) is 8.20. The average molecular weight is 582 g/mol. The Bertz CT molecular complexity index is 1720. The molecule has 0 saturated heterocycles. The summed E-state index contributed by atoms with van der Waals surface area (Å²) >= 11 is 6.44. The number of ether oxygens (including phenoxy) is 2. The van der Waals surface area contributed by atoms with Crippen LogP contribution in [0.5, 0.6) is 11.5 Å². The second-order valence-electron chi connectivity index (χ2n) is 8.75. The zero-order valence-electron chi connectivity index (χ0n) is 22.6. The Balaban J connectivity index is 1.66. The molecule has 5 rings (SSSR count). The molecule has 0 fully saturated rings. The molecule has 11 heteroatoms. The van der Waals surface area contributed by atoms with Gasteiger partial charge < -0.3 is 27.5 Å². The molecule has 0 radical (unpaired) electrons. The van der Waals surface area contributed by atoms with Crippen molar-refractivity contribution in [2.45, 2.75) is 20.4 Å². The first-order chi connectivity index (χ1) is 19.4. The van der Waals surface area contributed by atoms with E-state index in [-0.39, 0.29) is 18.5 Å². The Labute approximate surface area is 236 Å². The molecule has 0 spiro atoms. The average Bonchev–Trinajstić information content (AvgIpc) is 3.55. The summed E-state index contributed by atoms with van der Waals surface area (Å²) in [5, 5.41) is 0.989. The van der Waals surface area contributed by atoms with Crippen LogP contribution in [-0.4, -0.2) is 42.0 Å². The summed E-state index contributed by atoms with van der Waals surface area (Å²) in [6, 6.07) is 17.2. The molecule has 0 saturated carbocycles. The van der Waals surface area contributed by atoms with Crippen LogP contribution in [0.25, 0.3) is 39.5 Å². The predicted octanol–water partition coefficient (Wildman–Crippen LogP) is 7.80. The van der Waals surface area contributed by atoms with Crippen LogP contribution < -0.4 is 9.47 Å². The summed E-state index contributed by atoms with van der Waals surface area (Å²) < 4.78 is 42.7. The van der Waals surface area contributed by atoms with Gasteiger partial charge in [0.1, 0.15) is 28.5 Å². The molecular weight excluding hydrogens is 553 g/mol. The number of rotatable bonds is 11. The van der Waals surface area contributed by atoms with E-state index in [4.69, 9.17) is 34.5 Å². The Morgan fingerprint density at radius 3 is 2.33 bits per heavy atom. The third kappa shape index (κ3) is 5.64. The second-order valence-corrected chi connectivity index (χ2v) is 11.0. The van der Waals surface area contributed by atoms with Crippen LogP contribution in [0.2, 0.25) is 5.28 Å². The van der Waals surface area contributed by atoms with Gasteiger partial charge >= 0.3 is 7.60 Å². The highest BCUT2D eigenvalue weighted by Crippen LogP contribution is 2.50. The first-order valence-corrected chi connectivity index (χ1v) is 14.7. The quantitative estimate of drug-likeness (QED) is 0.115. The molecule has 5 aromatic rings. The number of halogens is 1. The number of methoxy groups -OCH3 is 2. The van der Waals surface area contributed by atoms with E-state index in [1.807, 2.05) is 42.5 Å². The van der Waals surface area contributed by atoms with Crippen molar-refractivity contribution >= 4 is 47.2 Å². The highest BCUT2D eigenvalue weighted by atomic mass is 35.5. The molecule has 0 aliphatic carbocycles. The third-order valence-electron chi connectivity index (χ3n) is 6.28. The summed E-state index contributed by atoms with van der Waals surface area (Å²) in [5.41, 5.74) is 3.92. The fourth-order valence-corrected chi connectivity index (χ4v) is 5.99. The zero-order valence-corrected chi connectivity index (χ0v) is 24.2. The Morgan fingerprint density at radius 1 is 0.950 bits per heavy atom. The summed E-state index contributed by atoms with van der Waals surface area (Å²) in [6.45, 7) is 4.55. The van der Waals surface area contributed by atoms with Gasteiger partial charge in [0.25, 0.3) is 0 Å². The van der Waals surface area contributed by atoms with E-state index in [1.165, 1.54) is 5.82 Å². The standard InChI is InChI=1S/C29H29ClN3O6P/c1-5-37-40(34,38-6-2)16-15-21-12-14-25(39-21)27-28-26(31-29(30)32-27)23-13-11-22(36-4)17-24(23)33(28)18-19-7-9-20(35-3)10-8-19/h7-17H,5-6,18H2,1-4H3/b16-15+. The van der Waals surface area contributed by atoms with Crippen LogP contribution >= 0.6 is 19.2 Å². The minimum Gasteiger partial charge on any atom is -0.497 e. The van der Waals surface area contributed by atoms with Gasteiger partial charge in [-0.05, 0) is 73.5 Å². The summed E-state index contributed by atoms with van der Waals surface area (Å²) in [4.78, 5) is 9.18. The van der Waals surface area contributed by atoms with Crippen molar-refractivity contribution in [3.8, 4) is 23.0 Å². The number of aromatic nitrogens is 3. The fraction of sp³-hybridized carbons (Fsp3) is 0.241. The lowest BCUT2D eigenvalue weighted by molar-refractivity contribution is 0.229. The van der Waals surface area contributed by atoms with Crippen molar-refractivity contribution in [3.63, 3.8) is 0 Å². The number of fused-ring (bicyclic) bond motifs is 3. The Morgan fingerprint density at radius 2 is 1.65 bits per heavy atom. The van der Waals surface area contributed by atoms with Crippen molar-refractivity contribution in [1.29, 1.82) is 0 Å². The van der Waals surface area contributed by atoms with Gasteiger partial charge in [0.2, 0.25) is 5.28 Å². The minimum atomic E-state index is -3.39. The Hall–Kier alpha value is -3.62. The normalized spacial score (nSPS) is 12.1. The second kappa shape index (κ2) is 11.9. The minimum absolute atomic E-state index is 0.0903. The van der Waals surface area contributed by atoms with Crippen molar-refractivity contribution in [2.24, 2.45) is 0 Å². The van der Waals surface area contributed by atoms with E-state index in [0.717, 1.165) is 27.7 Å². The monoisotopic (exact) mass is 581 g/mol. The van der Waals surface area contributed by atoms with Crippen LogP contribution in [0.1, 0.15) is 25.2 Å². The number of furan rings is 1. The molecule has 0 atom stereocenters. The Kier molecular flexibility index (Phi) is 8.28.